The maximum absolute atomic E-state index is 14.2. The van der Waals surface area contributed by atoms with Gasteiger partial charge in [-0.25, -0.2) is 0 Å². The number of rotatable bonds is 8. The standard InChI is InChI=1S/C27H34N4O6/c32-15-21(33)20(13-16-10-12-28-24(16)35)29-25(36)23-19-8-4-5-17(19)14-31(23)26(37)27(11-9-22(34)30-27)18-6-2-1-3-7-18/h1-3,6-7,16-17,19-20,23,32H,4-5,8-15H2,(H,28,35)(H,29,36)(H,30,34)/t16-,17+,19+,20+,23+,27+/m0/s1. The molecular formula is C27H34N4O6. The topological polar surface area (TPSA) is 145 Å². The molecular weight excluding hydrogens is 476 g/mol. The number of aliphatic hydroxyl groups is 1. The minimum Gasteiger partial charge on any atom is -0.389 e. The summed E-state index contributed by atoms with van der Waals surface area (Å²) in [5.74, 6) is -1.99. The van der Waals surface area contributed by atoms with E-state index in [1.165, 1.54) is 0 Å². The lowest BCUT2D eigenvalue weighted by atomic mass is 9.86. The Morgan fingerprint density at radius 1 is 1.14 bits per heavy atom. The van der Waals surface area contributed by atoms with E-state index in [0.717, 1.165) is 19.3 Å². The average molecular weight is 511 g/mol. The number of nitrogens with zero attached hydrogens (tertiary/aromatic N) is 1. The summed E-state index contributed by atoms with van der Waals surface area (Å²) in [5.41, 5.74) is -0.555. The molecule has 6 atom stereocenters. The normalized spacial score (nSPS) is 31.5. The lowest BCUT2D eigenvalue weighted by molar-refractivity contribution is -0.146. The van der Waals surface area contributed by atoms with Crippen LogP contribution in [-0.4, -0.2) is 71.2 Å². The van der Waals surface area contributed by atoms with Crippen molar-refractivity contribution < 1.29 is 29.1 Å². The molecule has 3 heterocycles. The molecule has 0 aromatic heterocycles. The van der Waals surface area contributed by atoms with Crippen molar-refractivity contribution in [3.63, 3.8) is 0 Å². The van der Waals surface area contributed by atoms with Gasteiger partial charge in [0.05, 0.1) is 6.04 Å². The van der Waals surface area contributed by atoms with Crippen LogP contribution in [0.5, 0.6) is 0 Å². The molecule has 3 aliphatic heterocycles. The van der Waals surface area contributed by atoms with Gasteiger partial charge in [0.2, 0.25) is 17.7 Å². The van der Waals surface area contributed by atoms with Crippen molar-refractivity contribution in [1.82, 2.24) is 20.9 Å². The highest BCUT2D eigenvalue weighted by Gasteiger charge is 2.56. The van der Waals surface area contributed by atoms with Crippen molar-refractivity contribution in [2.24, 2.45) is 17.8 Å². The van der Waals surface area contributed by atoms with Gasteiger partial charge in [0.1, 0.15) is 18.2 Å². The van der Waals surface area contributed by atoms with Crippen LogP contribution in [0.2, 0.25) is 0 Å². The van der Waals surface area contributed by atoms with Gasteiger partial charge in [-0.2, -0.15) is 0 Å². The van der Waals surface area contributed by atoms with Gasteiger partial charge in [-0.3, -0.25) is 24.0 Å². The molecule has 4 aliphatic rings. The maximum Gasteiger partial charge on any atom is 0.253 e. The molecule has 10 nitrogen and oxygen atoms in total. The van der Waals surface area contributed by atoms with Gasteiger partial charge in [-0.05, 0) is 49.5 Å². The Morgan fingerprint density at radius 3 is 2.57 bits per heavy atom. The summed E-state index contributed by atoms with van der Waals surface area (Å²) in [5, 5.41) is 18.0. The third-order valence-corrected chi connectivity index (χ3v) is 8.68. The van der Waals surface area contributed by atoms with Crippen LogP contribution >= 0.6 is 0 Å². The second-order valence-electron chi connectivity index (χ2n) is 10.8. The summed E-state index contributed by atoms with van der Waals surface area (Å²) in [6, 6.07) is 7.32. The zero-order valence-corrected chi connectivity index (χ0v) is 20.8. The summed E-state index contributed by atoms with van der Waals surface area (Å²) in [6.07, 6.45) is 3.84. The van der Waals surface area contributed by atoms with E-state index in [-0.39, 0.29) is 42.4 Å². The van der Waals surface area contributed by atoms with Gasteiger partial charge < -0.3 is 26.0 Å². The number of nitrogens with one attached hydrogen (secondary N) is 3. The molecule has 0 radical (unpaired) electrons. The van der Waals surface area contributed by atoms with Crippen LogP contribution in [0.25, 0.3) is 0 Å². The Kier molecular flexibility index (Phi) is 7.02. The molecule has 4 amide bonds. The summed E-state index contributed by atoms with van der Waals surface area (Å²) >= 11 is 0. The zero-order chi connectivity index (χ0) is 26.2. The van der Waals surface area contributed by atoms with Crippen molar-refractivity contribution in [3.8, 4) is 0 Å². The summed E-state index contributed by atoms with van der Waals surface area (Å²) in [7, 11) is 0. The van der Waals surface area contributed by atoms with Crippen LogP contribution in [0.15, 0.2) is 30.3 Å². The number of Topliss-reactive ketones (excluding diaryl/α,β-unsaturated/α-hetero) is 1. The second-order valence-corrected chi connectivity index (χ2v) is 10.8. The molecule has 4 fully saturated rings. The van der Waals surface area contributed by atoms with Crippen molar-refractivity contribution in [2.45, 2.75) is 62.6 Å². The highest BCUT2D eigenvalue weighted by Crippen LogP contribution is 2.45. The van der Waals surface area contributed by atoms with E-state index in [0.29, 0.717) is 31.5 Å². The van der Waals surface area contributed by atoms with Gasteiger partial charge in [0.25, 0.3) is 5.91 Å². The Bertz CT molecular complexity index is 1090. The second kappa shape index (κ2) is 10.2. The smallest absolute Gasteiger partial charge is 0.253 e. The van der Waals surface area contributed by atoms with Crippen molar-refractivity contribution >= 4 is 29.4 Å². The van der Waals surface area contributed by atoms with Crippen LogP contribution < -0.4 is 16.0 Å². The average Bonchev–Trinajstić information content (AvgIpc) is 3.68. The highest BCUT2D eigenvalue weighted by molar-refractivity contribution is 5.99. The molecule has 0 unspecified atom stereocenters. The zero-order valence-electron chi connectivity index (χ0n) is 20.8. The first-order valence-corrected chi connectivity index (χ1v) is 13.2. The Labute approximate surface area is 215 Å². The number of ketones is 1. The van der Waals surface area contributed by atoms with Gasteiger partial charge in [-0.1, -0.05) is 36.8 Å². The van der Waals surface area contributed by atoms with Crippen molar-refractivity contribution in [2.75, 3.05) is 19.7 Å². The number of fused-ring (bicyclic) bond motifs is 1. The Morgan fingerprint density at radius 2 is 1.92 bits per heavy atom. The number of aliphatic hydroxyl groups excluding tert-OH is 1. The van der Waals surface area contributed by atoms with Crippen LogP contribution in [-0.2, 0) is 29.5 Å². The van der Waals surface area contributed by atoms with Crippen LogP contribution in [0.4, 0.5) is 0 Å². The number of hydrogen-bond donors (Lipinski definition) is 4. The van der Waals surface area contributed by atoms with Gasteiger partial charge in [0.15, 0.2) is 5.78 Å². The molecule has 10 heteroatoms. The lowest BCUT2D eigenvalue weighted by Gasteiger charge is -2.36. The molecule has 0 bridgehead atoms. The van der Waals surface area contributed by atoms with Crippen molar-refractivity contribution in [1.29, 1.82) is 0 Å². The third-order valence-electron chi connectivity index (χ3n) is 8.68. The molecule has 0 spiro atoms. The quantitative estimate of drug-likeness (QED) is 0.387. The van der Waals surface area contributed by atoms with E-state index in [9.17, 15) is 29.1 Å². The van der Waals surface area contributed by atoms with E-state index >= 15 is 0 Å². The predicted octanol–water partition coefficient (Wildman–Crippen LogP) is -0.00860. The van der Waals surface area contributed by atoms with E-state index in [1.807, 2.05) is 30.3 Å². The monoisotopic (exact) mass is 510 g/mol. The minimum atomic E-state index is -1.24. The molecule has 4 N–H and O–H groups in total. The Balaban J connectivity index is 1.42. The van der Waals surface area contributed by atoms with E-state index < -0.39 is 41.8 Å². The van der Waals surface area contributed by atoms with E-state index in [4.69, 9.17) is 0 Å². The van der Waals surface area contributed by atoms with E-state index in [2.05, 4.69) is 16.0 Å². The van der Waals surface area contributed by atoms with Gasteiger partial charge in [-0.15, -0.1) is 0 Å². The van der Waals surface area contributed by atoms with Gasteiger partial charge >= 0.3 is 0 Å². The molecule has 5 rings (SSSR count). The van der Waals surface area contributed by atoms with Crippen LogP contribution in [0.1, 0.15) is 50.5 Å². The first kappa shape index (κ1) is 25.4. The number of likely N-dealkylation sites (tertiary alicyclic amines) is 1. The predicted molar refractivity (Wildman–Crippen MR) is 132 cm³/mol. The van der Waals surface area contributed by atoms with Crippen molar-refractivity contribution in [3.05, 3.63) is 35.9 Å². The van der Waals surface area contributed by atoms with Crippen LogP contribution in [0, 0.1) is 17.8 Å². The number of benzene rings is 1. The molecule has 1 aliphatic carbocycles. The SMILES string of the molecule is O=C1CC[C@](C(=O)N2C[C@H]3CCC[C@H]3[C@@H]2C(=O)N[C@H](C[C@@H]2CCNC2=O)C(=O)CO)(c2ccccc2)N1. The molecule has 1 saturated carbocycles. The van der Waals surface area contributed by atoms with E-state index in [1.54, 1.807) is 4.90 Å². The summed E-state index contributed by atoms with van der Waals surface area (Å²) in [6.45, 7) is 0.177. The molecule has 37 heavy (non-hydrogen) atoms. The fourth-order valence-electron chi connectivity index (χ4n) is 6.78. The summed E-state index contributed by atoms with van der Waals surface area (Å²) in [4.78, 5) is 66.6. The van der Waals surface area contributed by atoms with Gasteiger partial charge in [0, 0.05) is 25.4 Å². The molecule has 198 valence electrons. The number of hydrogen-bond acceptors (Lipinski definition) is 6. The first-order chi connectivity index (χ1) is 17.8. The first-order valence-electron chi connectivity index (χ1n) is 13.2. The molecule has 3 saturated heterocycles. The largest absolute Gasteiger partial charge is 0.389 e. The maximum atomic E-state index is 14.2. The number of carbonyl (C=O) groups is 5. The fraction of sp³-hybridized carbons (Fsp3) is 0.593. The highest BCUT2D eigenvalue weighted by atomic mass is 16.3. The molecule has 1 aromatic carbocycles. The minimum absolute atomic E-state index is 0.0477. The number of amides is 4. The fourth-order valence-corrected chi connectivity index (χ4v) is 6.78. The lowest BCUT2D eigenvalue weighted by Crippen LogP contribution is -2.59. The summed E-state index contributed by atoms with van der Waals surface area (Å²) < 4.78 is 0. The Hall–Kier alpha value is -3.27. The third kappa shape index (κ3) is 4.63. The molecule has 1 aromatic rings. The van der Waals surface area contributed by atoms with Crippen LogP contribution in [0.3, 0.4) is 0 Å². The number of carbonyl (C=O) groups excluding carboxylic acids is 5.